The molecule has 2 aliphatic heterocycles. The van der Waals surface area contributed by atoms with E-state index in [1.807, 2.05) is 23.2 Å². The molecular weight excluding hydrogens is 506 g/mol. The Bertz CT molecular complexity index is 1560. The highest BCUT2D eigenvalue weighted by Gasteiger charge is 2.44. The third kappa shape index (κ3) is 4.39. The predicted molar refractivity (Wildman–Crippen MR) is 143 cm³/mol. The standard InChI is InChI=1S/C28H28F2N6O3/c29-28(30)8-12-34(13-9-28)26-25-19(3-14-39-25)15-22(32-26)20-17-31-35(18-20)23-2-1-21(36(37)38)16-24(23)33-10-6-27(4-5-27)7-11-33/h1-3,14-18H,4-13H2. The van der Waals surface area contributed by atoms with E-state index in [2.05, 4.69) is 10.00 Å². The van der Waals surface area contributed by atoms with Gasteiger partial charge in [-0.1, -0.05) is 0 Å². The molecule has 0 atom stereocenters. The smallest absolute Gasteiger partial charge is 0.271 e. The number of pyridine rings is 1. The van der Waals surface area contributed by atoms with Crippen LogP contribution in [-0.4, -0.2) is 51.8 Å². The number of hydrogen-bond donors (Lipinski definition) is 0. The Labute approximate surface area is 223 Å². The summed E-state index contributed by atoms with van der Waals surface area (Å²) in [5, 5.41) is 17.0. The maximum Gasteiger partial charge on any atom is 0.271 e. The van der Waals surface area contributed by atoms with E-state index in [4.69, 9.17) is 9.40 Å². The van der Waals surface area contributed by atoms with Crippen molar-refractivity contribution in [3.63, 3.8) is 0 Å². The van der Waals surface area contributed by atoms with E-state index in [0.29, 0.717) is 22.5 Å². The number of benzene rings is 1. The average molecular weight is 535 g/mol. The molecule has 1 saturated carbocycles. The molecule has 9 nitrogen and oxygen atoms in total. The zero-order chi connectivity index (χ0) is 26.8. The lowest BCUT2D eigenvalue weighted by Gasteiger charge is -2.34. The number of nitrogens with zero attached hydrogens (tertiary/aromatic N) is 6. The molecule has 1 spiro atoms. The first-order chi connectivity index (χ1) is 18.8. The zero-order valence-corrected chi connectivity index (χ0v) is 21.4. The number of aromatic nitrogens is 3. The maximum atomic E-state index is 13.8. The Hall–Kier alpha value is -4.02. The van der Waals surface area contributed by atoms with Crippen LogP contribution in [0.5, 0.6) is 0 Å². The van der Waals surface area contributed by atoms with Gasteiger partial charge in [-0.3, -0.25) is 10.1 Å². The van der Waals surface area contributed by atoms with E-state index in [1.165, 1.54) is 18.9 Å². The van der Waals surface area contributed by atoms with E-state index in [-0.39, 0.29) is 36.5 Å². The lowest BCUT2D eigenvalue weighted by Crippen LogP contribution is -2.39. The van der Waals surface area contributed by atoms with Crippen molar-refractivity contribution in [3.8, 4) is 16.9 Å². The second kappa shape index (κ2) is 8.75. The van der Waals surface area contributed by atoms with Gasteiger partial charge in [0.1, 0.15) is 0 Å². The molecule has 5 heterocycles. The quantitative estimate of drug-likeness (QED) is 0.222. The van der Waals surface area contributed by atoms with Gasteiger partial charge in [0.2, 0.25) is 0 Å². The second-order valence-corrected chi connectivity index (χ2v) is 11.1. The number of nitro groups is 1. The third-order valence-electron chi connectivity index (χ3n) is 8.63. The third-order valence-corrected chi connectivity index (χ3v) is 8.63. The topological polar surface area (TPSA) is 93.5 Å². The first-order valence-corrected chi connectivity index (χ1v) is 13.4. The van der Waals surface area contributed by atoms with Crippen molar-refractivity contribution >= 4 is 28.2 Å². The summed E-state index contributed by atoms with van der Waals surface area (Å²) in [5.41, 5.74) is 4.07. The molecule has 39 heavy (non-hydrogen) atoms. The number of halogens is 2. The normalized spacial score (nSPS) is 20.1. The van der Waals surface area contributed by atoms with Gasteiger partial charge in [0.05, 0.1) is 34.5 Å². The fourth-order valence-corrected chi connectivity index (χ4v) is 5.92. The summed E-state index contributed by atoms with van der Waals surface area (Å²) in [4.78, 5) is 20.1. The molecule has 7 rings (SSSR count). The molecular formula is C28H28F2N6O3. The minimum absolute atomic E-state index is 0.0525. The highest BCUT2D eigenvalue weighted by Crippen LogP contribution is 2.54. The van der Waals surface area contributed by atoms with Gasteiger partial charge >= 0.3 is 0 Å². The van der Waals surface area contributed by atoms with Crippen molar-refractivity contribution in [3.05, 3.63) is 59.1 Å². The average Bonchev–Trinajstić information content (AvgIpc) is 3.30. The SMILES string of the molecule is O=[N+]([O-])c1ccc(-n2cc(-c3cc4ccoc4c(N4CCC(F)(F)CC4)n3)cn2)c(N2CCC3(CC2)CC3)c1. The van der Waals surface area contributed by atoms with Gasteiger partial charge < -0.3 is 14.2 Å². The summed E-state index contributed by atoms with van der Waals surface area (Å²) >= 11 is 0. The molecule has 1 aliphatic carbocycles. The zero-order valence-electron chi connectivity index (χ0n) is 21.4. The van der Waals surface area contributed by atoms with Crippen molar-refractivity contribution < 1.29 is 18.1 Å². The molecule has 0 amide bonds. The van der Waals surface area contributed by atoms with Crippen LogP contribution in [0.25, 0.3) is 27.9 Å². The number of anilines is 2. The van der Waals surface area contributed by atoms with Gasteiger partial charge in [0.15, 0.2) is 11.4 Å². The first kappa shape index (κ1) is 24.1. The minimum atomic E-state index is -2.66. The summed E-state index contributed by atoms with van der Waals surface area (Å²) in [6.45, 7) is 2.11. The number of furan rings is 1. The number of piperidine rings is 2. The van der Waals surface area contributed by atoms with Crippen LogP contribution in [0.15, 0.2) is 53.4 Å². The van der Waals surface area contributed by atoms with Crippen LogP contribution in [0.2, 0.25) is 0 Å². The number of alkyl halides is 2. The number of nitro benzene ring substituents is 1. The minimum Gasteiger partial charge on any atom is -0.460 e. The van der Waals surface area contributed by atoms with Crippen LogP contribution in [-0.2, 0) is 0 Å². The molecule has 11 heteroatoms. The predicted octanol–water partition coefficient (Wildman–Crippen LogP) is 6.20. The van der Waals surface area contributed by atoms with Crippen LogP contribution in [0.1, 0.15) is 38.5 Å². The number of fused-ring (bicyclic) bond motifs is 1. The lowest BCUT2D eigenvalue weighted by molar-refractivity contribution is -0.384. The Morgan fingerprint density at radius 3 is 2.38 bits per heavy atom. The van der Waals surface area contributed by atoms with E-state index in [1.54, 1.807) is 29.3 Å². The maximum absolute atomic E-state index is 13.8. The van der Waals surface area contributed by atoms with Gasteiger partial charge in [-0.15, -0.1) is 0 Å². The van der Waals surface area contributed by atoms with Crippen molar-refractivity contribution in [2.45, 2.75) is 44.4 Å². The molecule has 4 aromatic rings. The van der Waals surface area contributed by atoms with Crippen LogP contribution >= 0.6 is 0 Å². The van der Waals surface area contributed by atoms with Crippen LogP contribution in [0.4, 0.5) is 26.0 Å². The van der Waals surface area contributed by atoms with Gasteiger partial charge in [0, 0.05) is 68.3 Å². The number of hydrogen-bond acceptors (Lipinski definition) is 7. The molecule has 1 aromatic carbocycles. The molecule has 3 fully saturated rings. The molecule has 0 bridgehead atoms. The molecule has 3 aliphatic rings. The van der Waals surface area contributed by atoms with Crippen LogP contribution in [0.3, 0.4) is 0 Å². The fraction of sp³-hybridized carbons (Fsp3) is 0.429. The summed E-state index contributed by atoms with van der Waals surface area (Å²) in [7, 11) is 0. The molecule has 3 aromatic heterocycles. The Balaban J connectivity index is 1.24. The van der Waals surface area contributed by atoms with E-state index in [9.17, 15) is 18.9 Å². The second-order valence-electron chi connectivity index (χ2n) is 11.1. The molecule has 202 valence electrons. The number of rotatable bonds is 5. The highest BCUT2D eigenvalue weighted by atomic mass is 19.3. The first-order valence-electron chi connectivity index (χ1n) is 13.4. The van der Waals surface area contributed by atoms with Crippen molar-refractivity contribution in [1.82, 2.24) is 14.8 Å². The van der Waals surface area contributed by atoms with Gasteiger partial charge in [-0.2, -0.15) is 5.10 Å². The van der Waals surface area contributed by atoms with Crippen LogP contribution in [0, 0.1) is 15.5 Å². The van der Waals surface area contributed by atoms with Gasteiger partial charge in [0.25, 0.3) is 11.6 Å². The van der Waals surface area contributed by atoms with Gasteiger partial charge in [-0.25, -0.2) is 18.4 Å². The summed E-state index contributed by atoms with van der Waals surface area (Å²) in [6.07, 6.45) is 9.46. The van der Waals surface area contributed by atoms with E-state index in [0.717, 1.165) is 48.3 Å². The molecule has 0 N–H and O–H groups in total. The fourth-order valence-electron chi connectivity index (χ4n) is 5.92. The number of non-ortho nitro benzene ring substituents is 1. The molecule has 2 saturated heterocycles. The van der Waals surface area contributed by atoms with Gasteiger partial charge in [-0.05, 0) is 49.3 Å². The van der Waals surface area contributed by atoms with Crippen molar-refractivity contribution in [1.29, 1.82) is 0 Å². The summed E-state index contributed by atoms with van der Waals surface area (Å²) in [5.74, 6) is -2.11. The van der Waals surface area contributed by atoms with E-state index >= 15 is 0 Å². The van der Waals surface area contributed by atoms with Crippen molar-refractivity contribution in [2.75, 3.05) is 36.0 Å². The monoisotopic (exact) mass is 534 g/mol. The lowest BCUT2D eigenvalue weighted by atomic mass is 9.93. The largest absolute Gasteiger partial charge is 0.460 e. The summed E-state index contributed by atoms with van der Waals surface area (Å²) in [6, 6.07) is 8.63. The highest BCUT2D eigenvalue weighted by molar-refractivity contribution is 5.90. The Kier molecular flexibility index (Phi) is 5.40. The van der Waals surface area contributed by atoms with Crippen LogP contribution < -0.4 is 9.80 Å². The Morgan fingerprint density at radius 1 is 0.923 bits per heavy atom. The molecule has 0 radical (unpaired) electrons. The Morgan fingerprint density at radius 2 is 1.67 bits per heavy atom. The summed E-state index contributed by atoms with van der Waals surface area (Å²) < 4.78 is 35.0. The molecule has 0 unspecified atom stereocenters. The van der Waals surface area contributed by atoms with Crippen molar-refractivity contribution in [2.24, 2.45) is 5.41 Å². The van der Waals surface area contributed by atoms with E-state index < -0.39 is 5.92 Å².